The van der Waals surface area contributed by atoms with Crippen LogP contribution in [0.25, 0.3) is 11.9 Å². The molecule has 0 aliphatic heterocycles. The van der Waals surface area contributed by atoms with E-state index in [0.29, 0.717) is 11.6 Å². The van der Waals surface area contributed by atoms with Crippen LogP contribution in [0, 0.1) is 13.8 Å². The number of hydrogen-bond donors (Lipinski definition) is 0. The summed E-state index contributed by atoms with van der Waals surface area (Å²) >= 11 is 5.89. The Balaban J connectivity index is 2.15. The molecule has 0 aliphatic carbocycles. The fourth-order valence-corrected chi connectivity index (χ4v) is 1.70. The zero-order valence-corrected chi connectivity index (χ0v) is 10.8. The molecule has 0 radical (unpaired) electrons. The van der Waals surface area contributed by atoms with Gasteiger partial charge in [-0.3, -0.25) is 0 Å². The van der Waals surface area contributed by atoms with Gasteiger partial charge in [0, 0.05) is 0 Å². The Morgan fingerprint density at radius 1 is 1.05 bits per heavy atom. The minimum Gasteiger partial charge on any atom is -0.223 e. The highest BCUT2D eigenvalue weighted by molar-refractivity contribution is 6.28. The first-order valence-electron chi connectivity index (χ1n) is 5.31. The standard InChI is InChI=1S/C9H8ClN9/c1-5-13-6(2)19(17-5)9-15-7(10)14-8(16-9)18-4-11-3-12-18/h3-4H,1-2H3. The average molecular weight is 278 g/mol. The first kappa shape index (κ1) is 11.7. The second kappa shape index (κ2) is 4.35. The SMILES string of the molecule is Cc1nc(C)n(-c2nc(Cl)nc(-n3cncn3)n2)n1. The third-order valence-electron chi connectivity index (χ3n) is 2.27. The van der Waals surface area contributed by atoms with Crippen molar-refractivity contribution in [1.82, 2.24) is 44.5 Å². The number of nitrogens with zero attached hydrogens (tertiary/aromatic N) is 9. The second-order valence-electron chi connectivity index (χ2n) is 3.66. The van der Waals surface area contributed by atoms with Gasteiger partial charge in [0.05, 0.1) is 0 Å². The van der Waals surface area contributed by atoms with E-state index < -0.39 is 0 Å². The van der Waals surface area contributed by atoms with Crippen molar-refractivity contribution in [2.45, 2.75) is 13.8 Å². The van der Waals surface area contributed by atoms with E-state index in [1.165, 1.54) is 22.0 Å². The smallest absolute Gasteiger partial charge is 0.223 e. The zero-order chi connectivity index (χ0) is 13.4. The van der Waals surface area contributed by atoms with Crippen LogP contribution in [-0.4, -0.2) is 44.5 Å². The van der Waals surface area contributed by atoms with Crippen LogP contribution < -0.4 is 0 Å². The normalized spacial score (nSPS) is 10.9. The molecule has 9 nitrogen and oxygen atoms in total. The summed E-state index contributed by atoms with van der Waals surface area (Å²) in [6.07, 6.45) is 2.84. The average Bonchev–Trinajstić information content (AvgIpc) is 2.98. The molecule has 19 heavy (non-hydrogen) atoms. The van der Waals surface area contributed by atoms with E-state index in [1.54, 1.807) is 13.8 Å². The molecule has 0 N–H and O–H groups in total. The molecule has 0 amide bonds. The summed E-state index contributed by atoms with van der Waals surface area (Å²) in [5.74, 6) is 1.82. The molecule has 0 spiro atoms. The van der Waals surface area contributed by atoms with Gasteiger partial charge in [-0.05, 0) is 25.4 Å². The molecule has 96 valence electrons. The molecule has 0 saturated heterocycles. The molecular weight excluding hydrogens is 270 g/mol. The monoisotopic (exact) mass is 277 g/mol. The summed E-state index contributed by atoms with van der Waals surface area (Å²) in [6, 6.07) is 0. The largest absolute Gasteiger partial charge is 0.258 e. The number of aromatic nitrogens is 9. The van der Waals surface area contributed by atoms with Crippen LogP contribution in [-0.2, 0) is 0 Å². The summed E-state index contributed by atoms with van der Waals surface area (Å²) in [6.45, 7) is 3.58. The Labute approximate surface area is 112 Å². The molecule has 0 aliphatic rings. The van der Waals surface area contributed by atoms with E-state index in [0.717, 1.165) is 0 Å². The number of rotatable bonds is 2. The van der Waals surface area contributed by atoms with Gasteiger partial charge in [0.15, 0.2) is 0 Å². The predicted molar refractivity (Wildman–Crippen MR) is 64.1 cm³/mol. The predicted octanol–water partition coefficient (Wildman–Crippen LogP) is 0.303. The number of aryl methyl sites for hydroxylation is 2. The van der Waals surface area contributed by atoms with Gasteiger partial charge in [0.1, 0.15) is 24.3 Å². The topological polar surface area (TPSA) is 100 Å². The van der Waals surface area contributed by atoms with E-state index in [-0.39, 0.29) is 17.2 Å². The maximum atomic E-state index is 5.89. The van der Waals surface area contributed by atoms with Crippen molar-refractivity contribution in [1.29, 1.82) is 0 Å². The van der Waals surface area contributed by atoms with E-state index in [1.807, 2.05) is 0 Å². The van der Waals surface area contributed by atoms with Crippen molar-refractivity contribution in [2.75, 3.05) is 0 Å². The summed E-state index contributed by atoms with van der Waals surface area (Å²) in [5.41, 5.74) is 0. The third kappa shape index (κ3) is 2.15. The Kier molecular flexibility index (Phi) is 2.67. The molecule has 10 heteroatoms. The van der Waals surface area contributed by atoms with E-state index in [2.05, 4.69) is 35.1 Å². The van der Waals surface area contributed by atoms with Crippen LogP contribution in [0.5, 0.6) is 0 Å². The van der Waals surface area contributed by atoms with Crippen LogP contribution in [0.15, 0.2) is 12.7 Å². The van der Waals surface area contributed by atoms with Gasteiger partial charge in [0.2, 0.25) is 5.28 Å². The molecule has 3 rings (SSSR count). The number of halogens is 1. The van der Waals surface area contributed by atoms with Crippen LogP contribution >= 0.6 is 11.6 Å². The minimum atomic E-state index is 0.0445. The van der Waals surface area contributed by atoms with Crippen molar-refractivity contribution in [3.8, 4) is 11.9 Å². The van der Waals surface area contributed by atoms with Gasteiger partial charge in [-0.2, -0.15) is 29.4 Å². The lowest BCUT2D eigenvalue weighted by molar-refractivity contribution is 0.726. The van der Waals surface area contributed by atoms with Gasteiger partial charge in [-0.1, -0.05) is 0 Å². The maximum Gasteiger partial charge on any atom is 0.258 e. The van der Waals surface area contributed by atoms with E-state index in [4.69, 9.17) is 11.6 Å². The Morgan fingerprint density at radius 2 is 1.84 bits per heavy atom. The lowest BCUT2D eigenvalue weighted by atomic mass is 10.7. The lowest BCUT2D eigenvalue weighted by Gasteiger charge is -2.03. The van der Waals surface area contributed by atoms with E-state index >= 15 is 0 Å². The van der Waals surface area contributed by atoms with Crippen molar-refractivity contribution < 1.29 is 0 Å². The molecule has 0 bridgehead atoms. The van der Waals surface area contributed by atoms with Crippen molar-refractivity contribution in [2.24, 2.45) is 0 Å². The fraction of sp³-hybridized carbons (Fsp3) is 0.222. The van der Waals surface area contributed by atoms with Crippen LogP contribution in [0.4, 0.5) is 0 Å². The summed E-state index contributed by atoms with van der Waals surface area (Å²) in [4.78, 5) is 20.3. The van der Waals surface area contributed by atoms with Gasteiger partial charge in [-0.25, -0.2) is 9.97 Å². The van der Waals surface area contributed by atoms with Gasteiger partial charge < -0.3 is 0 Å². The fourth-order valence-electron chi connectivity index (χ4n) is 1.55. The first-order chi connectivity index (χ1) is 9.13. The minimum absolute atomic E-state index is 0.0445. The summed E-state index contributed by atoms with van der Waals surface area (Å²) in [7, 11) is 0. The van der Waals surface area contributed by atoms with Crippen molar-refractivity contribution in [3.63, 3.8) is 0 Å². The molecule has 3 aromatic heterocycles. The molecule has 3 heterocycles. The van der Waals surface area contributed by atoms with E-state index in [9.17, 15) is 0 Å². The Morgan fingerprint density at radius 3 is 2.47 bits per heavy atom. The number of hydrogen-bond acceptors (Lipinski definition) is 7. The van der Waals surface area contributed by atoms with Crippen molar-refractivity contribution in [3.05, 3.63) is 29.6 Å². The highest BCUT2D eigenvalue weighted by atomic mass is 35.5. The quantitative estimate of drug-likeness (QED) is 0.664. The van der Waals surface area contributed by atoms with Gasteiger partial charge in [0.25, 0.3) is 11.9 Å². The maximum absolute atomic E-state index is 5.89. The first-order valence-corrected chi connectivity index (χ1v) is 5.68. The highest BCUT2D eigenvalue weighted by Gasteiger charge is 2.12. The Hall–Kier alpha value is -2.42. The van der Waals surface area contributed by atoms with Crippen LogP contribution in [0.1, 0.15) is 11.6 Å². The molecule has 0 aromatic carbocycles. The Bertz CT molecular complexity index is 717. The highest BCUT2D eigenvalue weighted by Crippen LogP contribution is 2.09. The summed E-state index contributed by atoms with van der Waals surface area (Å²) < 4.78 is 2.87. The third-order valence-corrected chi connectivity index (χ3v) is 2.44. The zero-order valence-electron chi connectivity index (χ0n) is 10.1. The summed E-state index contributed by atoms with van der Waals surface area (Å²) in [5, 5.41) is 8.18. The van der Waals surface area contributed by atoms with Gasteiger partial charge >= 0.3 is 0 Å². The lowest BCUT2D eigenvalue weighted by Crippen LogP contribution is -2.11. The molecule has 0 saturated carbocycles. The molecule has 0 unspecified atom stereocenters. The molecular formula is C9H8ClN9. The van der Waals surface area contributed by atoms with Crippen LogP contribution in [0.3, 0.4) is 0 Å². The second-order valence-corrected chi connectivity index (χ2v) is 4.00. The molecule has 0 fully saturated rings. The van der Waals surface area contributed by atoms with Gasteiger partial charge in [-0.15, -0.1) is 5.10 Å². The van der Waals surface area contributed by atoms with Crippen molar-refractivity contribution >= 4 is 11.6 Å². The van der Waals surface area contributed by atoms with Crippen LogP contribution in [0.2, 0.25) is 5.28 Å². The molecule has 0 atom stereocenters. The molecule has 3 aromatic rings.